The Kier molecular flexibility index (Phi) is 7.05. The lowest BCUT2D eigenvalue weighted by Gasteiger charge is -1.85. The van der Waals surface area contributed by atoms with E-state index in [-0.39, 0.29) is 6.42 Å². The lowest BCUT2D eigenvalue weighted by molar-refractivity contribution is -0.106. The van der Waals surface area contributed by atoms with Crippen molar-refractivity contribution in [3.8, 4) is 0 Å². The van der Waals surface area contributed by atoms with Gasteiger partial charge in [-0.15, -0.1) is 0 Å². The Hall–Kier alpha value is -0.630. The van der Waals surface area contributed by atoms with Gasteiger partial charge in [0.15, 0.2) is 0 Å². The van der Waals surface area contributed by atoms with Gasteiger partial charge in [-0.2, -0.15) is 0 Å². The molecule has 0 amide bonds. The number of carbonyl (C=O) groups is 1. The summed E-state index contributed by atoms with van der Waals surface area (Å²) in [6.45, 7) is 2.08. The smallest absolute Gasteiger partial charge is 0.126 e. The summed E-state index contributed by atoms with van der Waals surface area (Å²) < 4.78 is 0. The second-order valence-electron chi connectivity index (χ2n) is 2.05. The monoisotopic (exact) mass is 173 g/mol. The average molecular weight is 174 g/mol. The average Bonchev–Trinajstić information content (AvgIpc) is 1.99. The lowest BCUT2D eigenvalue weighted by Crippen LogP contribution is -1.85. The molecule has 0 aliphatic rings. The highest BCUT2D eigenvalue weighted by atomic mass is 35.5. The molecule has 3 heteroatoms. The summed E-state index contributed by atoms with van der Waals surface area (Å²) in [7, 11) is 0. The summed E-state index contributed by atoms with van der Waals surface area (Å²) >= 11 is 5.53. The first-order chi connectivity index (χ1) is 5.31. The molecule has 0 spiro atoms. The molecule has 0 saturated heterocycles. The quantitative estimate of drug-likeness (QED) is 0.464. The third-order valence-electron chi connectivity index (χ3n) is 1.03. The highest BCUT2D eigenvalue weighted by Crippen LogP contribution is 1.93. The normalized spacial score (nSPS) is 12.4. The number of hydrogen-bond acceptors (Lipinski definition) is 2. The molecule has 0 N–H and O–H groups in total. The second-order valence-corrected chi connectivity index (χ2v) is 2.49. The summed E-state index contributed by atoms with van der Waals surface area (Å²) in [5, 5.41) is 0.340. The Balaban J connectivity index is 3.61. The van der Waals surface area contributed by atoms with Gasteiger partial charge < -0.3 is 4.79 Å². The fourth-order valence-corrected chi connectivity index (χ4v) is 0.616. The third-order valence-corrected chi connectivity index (χ3v) is 1.28. The molecule has 11 heavy (non-hydrogen) atoms. The number of nitrogens with zero attached hydrogens (tertiary/aromatic N) is 1. The molecule has 0 atom stereocenters. The molecule has 0 aromatic heterocycles. The summed E-state index contributed by atoms with van der Waals surface area (Å²) in [6, 6.07) is 0. The van der Waals surface area contributed by atoms with Gasteiger partial charge in [-0.25, -0.2) is 4.99 Å². The molecule has 0 aromatic carbocycles. The van der Waals surface area contributed by atoms with Crippen molar-refractivity contribution in [2.75, 3.05) is 0 Å². The number of unbranched alkanes of at least 4 members (excludes halogenated alkanes) is 1. The number of carbonyl (C=O) groups excluding carboxylic acids is 1. The number of aldehydes is 1. The van der Waals surface area contributed by atoms with Crippen molar-refractivity contribution >= 4 is 23.1 Å². The van der Waals surface area contributed by atoms with Gasteiger partial charge >= 0.3 is 0 Å². The minimum absolute atomic E-state index is 0.206. The second kappa shape index (κ2) is 7.48. The molecule has 0 bridgehead atoms. The highest BCUT2D eigenvalue weighted by molar-refractivity contribution is 6.66. The van der Waals surface area contributed by atoms with Gasteiger partial charge in [-0.3, -0.25) is 0 Å². The maximum absolute atomic E-state index is 9.91. The van der Waals surface area contributed by atoms with Crippen LogP contribution in [0.15, 0.2) is 17.3 Å². The van der Waals surface area contributed by atoms with Gasteiger partial charge in [0.2, 0.25) is 0 Å². The van der Waals surface area contributed by atoms with E-state index in [1.807, 2.05) is 6.08 Å². The van der Waals surface area contributed by atoms with Crippen molar-refractivity contribution < 1.29 is 4.79 Å². The van der Waals surface area contributed by atoms with E-state index in [9.17, 15) is 4.79 Å². The van der Waals surface area contributed by atoms with Crippen LogP contribution in [0.3, 0.4) is 0 Å². The lowest BCUT2D eigenvalue weighted by atomic mass is 10.3. The van der Waals surface area contributed by atoms with Crippen LogP contribution in [-0.4, -0.2) is 11.5 Å². The van der Waals surface area contributed by atoms with Crippen LogP contribution in [0.4, 0.5) is 0 Å². The van der Waals surface area contributed by atoms with Gasteiger partial charge in [-0.05, 0) is 6.42 Å². The van der Waals surface area contributed by atoms with Crippen LogP contribution in [0.1, 0.15) is 26.2 Å². The Morgan fingerprint density at radius 3 is 2.91 bits per heavy atom. The first-order valence-corrected chi connectivity index (χ1v) is 3.99. The zero-order chi connectivity index (χ0) is 8.53. The van der Waals surface area contributed by atoms with E-state index in [2.05, 4.69) is 11.9 Å². The molecule has 0 heterocycles. The Morgan fingerprint density at radius 2 is 2.36 bits per heavy atom. The molecule has 0 rings (SSSR count). The number of hydrogen-bond donors (Lipinski definition) is 0. The largest absolute Gasteiger partial charge is 0.303 e. The van der Waals surface area contributed by atoms with Gasteiger partial charge in [0.25, 0.3) is 0 Å². The minimum atomic E-state index is 0.206. The van der Waals surface area contributed by atoms with Gasteiger partial charge in [-0.1, -0.05) is 31.0 Å². The molecule has 2 nitrogen and oxygen atoms in total. The number of aliphatic imine (C=N–C) groups is 1. The SMILES string of the molecule is CCC/C=C\N=C(\Cl)CC=O. The Bertz CT molecular complexity index is 163. The zero-order valence-corrected chi connectivity index (χ0v) is 7.34. The highest BCUT2D eigenvalue weighted by Gasteiger charge is 1.87. The van der Waals surface area contributed by atoms with Crippen LogP contribution in [0.5, 0.6) is 0 Å². The summed E-state index contributed by atoms with van der Waals surface area (Å²) in [6.07, 6.45) is 6.59. The number of rotatable bonds is 5. The van der Waals surface area contributed by atoms with Crippen LogP contribution in [-0.2, 0) is 4.79 Å². The van der Waals surface area contributed by atoms with Crippen molar-refractivity contribution in [2.45, 2.75) is 26.2 Å². The Morgan fingerprint density at radius 1 is 1.64 bits per heavy atom. The van der Waals surface area contributed by atoms with Crippen LogP contribution < -0.4 is 0 Å². The molecule has 0 fully saturated rings. The maximum Gasteiger partial charge on any atom is 0.126 e. The molecular weight excluding hydrogens is 162 g/mol. The third kappa shape index (κ3) is 7.26. The van der Waals surface area contributed by atoms with E-state index in [1.54, 1.807) is 6.20 Å². The predicted octanol–water partition coefficient (Wildman–Crippen LogP) is 2.53. The molecule has 0 saturated carbocycles. The number of allylic oxidation sites excluding steroid dienone is 1. The van der Waals surface area contributed by atoms with Gasteiger partial charge in [0.05, 0.1) is 6.42 Å². The maximum atomic E-state index is 9.91. The summed E-state index contributed by atoms with van der Waals surface area (Å²) in [4.78, 5) is 13.7. The zero-order valence-electron chi connectivity index (χ0n) is 6.59. The minimum Gasteiger partial charge on any atom is -0.303 e. The van der Waals surface area contributed by atoms with Crippen LogP contribution in [0.25, 0.3) is 0 Å². The number of halogens is 1. The van der Waals surface area contributed by atoms with Crippen LogP contribution in [0, 0.1) is 0 Å². The molecule has 62 valence electrons. The first-order valence-electron chi connectivity index (χ1n) is 3.62. The fourth-order valence-electron chi connectivity index (χ4n) is 0.496. The molecule has 0 aliphatic heterocycles. The van der Waals surface area contributed by atoms with E-state index < -0.39 is 0 Å². The predicted molar refractivity (Wildman–Crippen MR) is 48.0 cm³/mol. The fraction of sp³-hybridized carbons (Fsp3) is 0.500. The van der Waals surface area contributed by atoms with Crippen molar-refractivity contribution in [2.24, 2.45) is 4.99 Å². The summed E-state index contributed by atoms with van der Waals surface area (Å²) in [5.41, 5.74) is 0. The molecule has 0 unspecified atom stereocenters. The van der Waals surface area contributed by atoms with Gasteiger partial charge in [0.1, 0.15) is 11.5 Å². The molecule has 0 aliphatic carbocycles. The molecular formula is C8H12ClNO. The Labute approximate surface area is 72.0 Å². The van der Waals surface area contributed by atoms with Gasteiger partial charge in [0, 0.05) is 6.20 Å². The topological polar surface area (TPSA) is 29.4 Å². The van der Waals surface area contributed by atoms with Crippen molar-refractivity contribution in [3.05, 3.63) is 12.3 Å². The van der Waals surface area contributed by atoms with Crippen molar-refractivity contribution in [1.82, 2.24) is 0 Å². The van der Waals surface area contributed by atoms with E-state index in [0.717, 1.165) is 19.1 Å². The van der Waals surface area contributed by atoms with Crippen molar-refractivity contribution in [3.63, 3.8) is 0 Å². The van der Waals surface area contributed by atoms with Crippen molar-refractivity contribution in [1.29, 1.82) is 0 Å². The van der Waals surface area contributed by atoms with E-state index in [1.165, 1.54) is 0 Å². The molecule has 0 aromatic rings. The molecule has 0 radical (unpaired) electrons. The summed E-state index contributed by atoms with van der Waals surface area (Å²) in [5.74, 6) is 0. The van der Waals surface area contributed by atoms with E-state index in [0.29, 0.717) is 5.17 Å². The van der Waals surface area contributed by atoms with Crippen LogP contribution in [0.2, 0.25) is 0 Å². The first kappa shape index (κ1) is 10.4. The van der Waals surface area contributed by atoms with E-state index in [4.69, 9.17) is 11.6 Å². The van der Waals surface area contributed by atoms with Crippen LogP contribution >= 0.6 is 11.6 Å². The standard InChI is InChI=1S/C8H12ClNO/c1-2-3-4-6-10-8(9)5-7-11/h4,6-7H,2-3,5H2,1H3/b6-4-,10-8+. The van der Waals surface area contributed by atoms with E-state index >= 15 is 0 Å².